The maximum atomic E-state index is 11.6. The molecule has 1 N–H and O–H groups in total. The lowest BCUT2D eigenvalue weighted by Crippen LogP contribution is -2.16. The number of esters is 1. The number of unbranched alkanes of at least 4 members (excludes halogenated alkanes) is 1. The van der Waals surface area contributed by atoms with Crippen molar-refractivity contribution in [3.63, 3.8) is 0 Å². The van der Waals surface area contributed by atoms with Gasteiger partial charge in [-0.15, -0.1) is 0 Å². The second-order valence-electron chi connectivity index (χ2n) is 4.15. The van der Waals surface area contributed by atoms with Gasteiger partial charge in [0.15, 0.2) is 6.10 Å². The van der Waals surface area contributed by atoms with Crippen molar-refractivity contribution in [2.24, 2.45) is 0 Å². The van der Waals surface area contributed by atoms with E-state index >= 15 is 0 Å². The Kier molecular flexibility index (Phi) is 5.65. The number of carbonyl (C=O) groups excluding carboxylic acids is 1. The predicted octanol–water partition coefficient (Wildman–Crippen LogP) is 2.38. The normalized spacial score (nSPS) is 12.0. The molecule has 1 unspecified atom stereocenters. The minimum absolute atomic E-state index is 0.343. The van der Waals surface area contributed by atoms with Crippen LogP contribution in [0.5, 0.6) is 5.75 Å². The Bertz CT molecular complexity index is 401. The quantitative estimate of drug-likeness (QED) is 0.624. The molecular formula is C14H20O4. The Hall–Kier alpha value is -1.55. The van der Waals surface area contributed by atoms with E-state index < -0.39 is 12.1 Å². The fourth-order valence-corrected chi connectivity index (χ4v) is 1.54. The zero-order valence-corrected chi connectivity index (χ0v) is 11.1. The lowest BCUT2D eigenvalue weighted by atomic mass is 10.1. The van der Waals surface area contributed by atoms with Gasteiger partial charge < -0.3 is 14.6 Å². The van der Waals surface area contributed by atoms with E-state index in [2.05, 4.69) is 0 Å². The number of carbonyl (C=O) groups is 1. The molecule has 1 atom stereocenters. The number of rotatable bonds is 6. The number of benzene rings is 1. The number of hydrogen-bond donors (Lipinski definition) is 1. The maximum Gasteiger partial charge on any atom is 0.339 e. The van der Waals surface area contributed by atoms with Crippen LogP contribution < -0.4 is 4.74 Å². The van der Waals surface area contributed by atoms with Crippen LogP contribution in [0.2, 0.25) is 0 Å². The van der Waals surface area contributed by atoms with Crippen LogP contribution >= 0.6 is 0 Å². The molecular weight excluding hydrogens is 232 g/mol. The Morgan fingerprint density at radius 3 is 2.78 bits per heavy atom. The minimum atomic E-state index is -1.25. The zero-order chi connectivity index (χ0) is 13.5. The fourth-order valence-electron chi connectivity index (χ4n) is 1.54. The van der Waals surface area contributed by atoms with Gasteiger partial charge in [0.2, 0.25) is 0 Å². The maximum absolute atomic E-state index is 11.6. The van der Waals surface area contributed by atoms with E-state index in [1.54, 1.807) is 25.3 Å². The predicted molar refractivity (Wildman–Crippen MR) is 68.6 cm³/mol. The van der Waals surface area contributed by atoms with Crippen LogP contribution in [-0.2, 0) is 9.53 Å². The zero-order valence-electron chi connectivity index (χ0n) is 11.1. The molecule has 18 heavy (non-hydrogen) atoms. The largest absolute Gasteiger partial charge is 0.496 e. The van der Waals surface area contributed by atoms with Crippen LogP contribution in [0.3, 0.4) is 0 Å². The summed E-state index contributed by atoms with van der Waals surface area (Å²) < 4.78 is 10.1. The number of hydrogen-bond acceptors (Lipinski definition) is 4. The summed E-state index contributed by atoms with van der Waals surface area (Å²) in [7, 11) is 1.55. The summed E-state index contributed by atoms with van der Waals surface area (Å²) in [4.78, 5) is 11.6. The number of aryl methyl sites for hydroxylation is 1. The van der Waals surface area contributed by atoms with E-state index in [0.29, 0.717) is 17.9 Å². The number of methoxy groups -OCH3 is 1. The molecule has 0 aliphatic heterocycles. The summed E-state index contributed by atoms with van der Waals surface area (Å²) >= 11 is 0. The molecule has 0 bridgehead atoms. The van der Waals surface area contributed by atoms with Crippen molar-refractivity contribution < 1.29 is 19.4 Å². The first-order valence-corrected chi connectivity index (χ1v) is 6.09. The van der Waals surface area contributed by atoms with Crippen LogP contribution in [0.25, 0.3) is 0 Å². The molecule has 0 aliphatic carbocycles. The SMILES string of the molecule is CCCCOC(=O)C(O)c1ccc(C)c(OC)c1. The lowest BCUT2D eigenvalue weighted by molar-refractivity contribution is -0.154. The van der Waals surface area contributed by atoms with Gasteiger partial charge in [-0.1, -0.05) is 25.5 Å². The first kappa shape index (κ1) is 14.5. The first-order valence-electron chi connectivity index (χ1n) is 6.09. The minimum Gasteiger partial charge on any atom is -0.496 e. The average Bonchev–Trinajstić information content (AvgIpc) is 2.38. The molecule has 1 aromatic carbocycles. The number of aliphatic hydroxyl groups excluding tert-OH is 1. The molecule has 0 radical (unpaired) electrons. The summed E-state index contributed by atoms with van der Waals surface area (Å²) in [5.74, 6) is 0.0299. The Balaban J connectivity index is 2.71. The van der Waals surface area contributed by atoms with Gasteiger partial charge in [-0.25, -0.2) is 4.79 Å². The average molecular weight is 252 g/mol. The smallest absolute Gasteiger partial charge is 0.339 e. The second-order valence-corrected chi connectivity index (χ2v) is 4.15. The fraction of sp³-hybridized carbons (Fsp3) is 0.500. The molecule has 4 nitrogen and oxygen atoms in total. The Morgan fingerprint density at radius 1 is 1.44 bits per heavy atom. The summed E-state index contributed by atoms with van der Waals surface area (Å²) in [5, 5.41) is 9.87. The van der Waals surface area contributed by atoms with E-state index in [1.165, 1.54) is 0 Å². The third kappa shape index (κ3) is 3.74. The van der Waals surface area contributed by atoms with Gasteiger partial charge in [0.25, 0.3) is 0 Å². The molecule has 4 heteroatoms. The van der Waals surface area contributed by atoms with Crippen molar-refractivity contribution in [2.75, 3.05) is 13.7 Å². The van der Waals surface area contributed by atoms with Crippen LogP contribution in [0.4, 0.5) is 0 Å². The van der Waals surface area contributed by atoms with E-state index in [-0.39, 0.29) is 0 Å². The molecule has 1 aromatic rings. The molecule has 0 saturated carbocycles. The molecule has 0 fully saturated rings. The van der Waals surface area contributed by atoms with Crippen LogP contribution in [0, 0.1) is 6.92 Å². The van der Waals surface area contributed by atoms with Crippen molar-refractivity contribution in [2.45, 2.75) is 32.8 Å². The van der Waals surface area contributed by atoms with Crippen LogP contribution in [0.15, 0.2) is 18.2 Å². The topological polar surface area (TPSA) is 55.8 Å². The van der Waals surface area contributed by atoms with Gasteiger partial charge in [0, 0.05) is 0 Å². The van der Waals surface area contributed by atoms with Crippen molar-refractivity contribution in [3.05, 3.63) is 29.3 Å². The van der Waals surface area contributed by atoms with E-state index in [0.717, 1.165) is 18.4 Å². The highest BCUT2D eigenvalue weighted by Crippen LogP contribution is 2.23. The van der Waals surface area contributed by atoms with Gasteiger partial charge in [-0.3, -0.25) is 0 Å². The van der Waals surface area contributed by atoms with Crippen LogP contribution in [0.1, 0.15) is 37.0 Å². The van der Waals surface area contributed by atoms with Gasteiger partial charge in [-0.2, -0.15) is 0 Å². The highest BCUT2D eigenvalue weighted by molar-refractivity contribution is 5.76. The van der Waals surface area contributed by atoms with E-state index in [1.807, 2.05) is 13.8 Å². The van der Waals surface area contributed by atoms with Gasteiger partial charge in [0.05, 0.1) is 13.7 Å². The third-order valence-electron chi connectivity index (χ3n) is 2.71. The monoisotopic (exact) mass is 252 g/mol. The van der Waals surface area contributed by atoms with Crippen molar-refractivity contribution in [1.29, 1.82) is 0 Å². The molecule has 0 amide bonds. The second kappa shape index (κ2) is 7.01. The van der Waals surface area contributed by atoms with E-state index in [4.69, 9.17) is 9.47 Å². The van der Waals surface area contributed by atoms with Crippen molar-refractivity contribution in [1.82, 2.24) is 0 Å². The highest BCUT2D eigenvalue weighted by Gasteiger charge is 2.19. The number of aliphatic hydroxyl groups is 1. The molecule has 1 rings (SSSR count). The molecule has 0 saturated heterocycles. The summed E-state index contributed by atoms with van der Waals surface area (Å²) in [6, 6.07) is 5.15. The Morgan fingerprint density at radius 2 is 2.17 bits per heavy atom. The summed E-state index contributed by atoms with van der Waals surface area (Å²) in [6.45, 7) is 4.25. The summed E-state index contributed by atoms with van der Waals surface area (Å²) in [5.41, 5.74) is 1.44. The third-order valence-corrected chi connectivity index (χ3v) is 2.71. The Labute approximate surface area is 108 Å². The van der Waals surface area contributed by atoms with Gasteiger partial charge in [-0.05, 0) is 30.5 Å². The molecule has 0 aliphatic rings. The standard InChI is InChI=1S/C14H20O4/c1-4-5-8-18-14(16)13(15)11-7-6-10(2)12(9-11)17-3/h6-7,9,13,15H,4-5,8H2,1-3H3. The summed E-state index contributed by atoms with van der Waals surface area (Å²) in [6.07, 6.45) is 0.494. The molecule has 0 spiro atoms. The van der Waals surface area contributed by atoms with Crippen molar-refractivity contribution >= 4 is 5.97 Å². The van der Waals surface area contributed by atoms with E-state index in [9.17, 15) is 9.90 Å². The molecule has 0 aromatic heterocycles. The first-order chi connectivity index (χ1) is 8.60. The van der Waals surface area contributed by atoms with Gasteiger partial charge in [0.1, 0.15) is 5.75 Å². The molecule has 100 valence electrons. The van der Waals surface area contributed by atoms with Crippen LogP contribution in [-0.4, -0.2) is 24.8 Å². The highest BCUT2D eigenvalue weighted by atomic mass is 16.5. The van der Waals surface area contributed by atoms with Crippen molar-refractivity contribution in [3.8, 4) is 5.75 Å². The molecule has 0 heterocycles. The lowest BCUT2D eigenvalue weighted by Gasteiger charge is -2.13. The van der Waals surface area contributed by atoms with Gasteiger partial charge >= 0.3 is 5.97 Å². The number of ether oxygens (including phenoxy) is 2.